The molecule has 3 N–H and O–H groups in total. The molecule has 6 nitrogen and oxygen atoms in total. The third kappa shape index (κ3) is 6.73. The van der Waals surface area contributed by atoms with E-state index in [0.29, 0.717) is 12.6 Å². The highest BCUT2D eigenvalue weighted by molar-refractivity contribution is 7.07. The monoisotopic (exact) mass is 416 g/mol. The lowest BCUT2D eigenvalue weighted by Crippen LogP contribution is -2.48. The van der Waals surface area contributed by atoms with Crippen LogP contribution >= 0.6 is 11.3 Å². The number of hydrogen-bond acceptors (Lipinski definition) is 5. The summed E-state index contributed by atoms with van der Waals surface area (Å²) in [5, 5.41) is 21.7. The van der Waals surface area contributed by atoms with Gasteiger partial charge in [0, 0.05) is 32.2 Å². The quantitative estimate of drug-likeness (QED) is 0.456. The Balaban J connectivity index is 1.50. The zero-order valence-corrected chi connectivity index (χ0v) is 18.1. The number of nitrogens with zero attached hydrogens (tertiary/aromatic N) is 2. The number of methoxy groups -OCH3 is 1. The van der Waals surface area contributed by atoms with Crippen molar-refractivity contribution < 1.29 is 9.84 Å². The molecule has 0 spiro atoms. The number of aliphatic imine (C=N–C) groups is 1. The molecule has 0 bridgehead atoms. The van der Waals surface area contributed by atoms with Crippen LogP contribution in [0.5, 0.6) is 5.75 Å². The van der Waals surface area contributed by atoms with E-state index in [1.165, 1.54) is 5.56 Å². The van der Waals surface area contributed by atoms with Crippen LogP contribution in [0.4, 0.5) is 0 Å². The molecule has 3 rings (SSSR count). The van der Waals surface area contributed by atoms with Gasteiger partial charge < -0.3 is 20.5 Å². The summed E-state index contributed by atoms with van der Waals surface area (Å²) in [4.78, 5) is 7.12. The maximum atomic E-state index is 10.5. The molecular formula is C22H32N4O2S. The Morgan fingerprint density at radius 3 is 2.86 bits per heavy atom. The molecule has 29 heavy (non-hydrogen) atoms. The Morgan fingerprint density at radius 2 is 2.17 bits per heavy atom. The third-order valence-corrected chi connectivity index (χ3v) is 5.89. The van der Waals surface area contributed by atoms with Gasteiger partial charge in [-0.3, -0.25) is 9.89 Å². The first-order valence-electron chi connectivity index (χ1n) is 10.3. The molecule has 0 saturated carbocycles. The SMILES string of the molecule is CCNC(=NCC(O)c1cccc(OC)c1)NC1CCN(Cc2ccsc2)CC1. The molecule has 1 aromatic heterocycles. The summed E-state index contributed by atoms with van der Waals surface area (Å²) in [5.74, 6) is 1.51. The number of hydrogen-bond donors (Lipinski definition) is 3. The molecule has 1 aliphatic heterocycles. The highest BCUT2D eigenvalue weighted by Gasteiger charge is 2.20. The van der Waals surface area contributed by atoms with Gasteiger partial charge in [-0.15, -0.1) is 0 Å². The van der Waals surface area contributed by atoms with Crippen LogP contribution in [0.2, 0.25) is 0 Å². The van der Waals surface area contributed by atoms with Gasteiger partial charge in [0.25, 0.3) is 0 Å². The van der Waals surface area contributed by atoms with Gasteiger partial charge in [-0.2, -0.15) is 11.3 Å². The minimum absolute atomic E-state index is 0.305. The number of guanidine groups is 1. The number of nitrogens with one attached hydrogen (secondary N) is 2. The van der Waals surface area contributed by atoms with Gasteiger partial charge in [0.1, 0.15) is 5.75 Å². The van der Waals surface area contributed by atoms with Crippen LogP contribution in [-0.2, 0) is 6.54 Å². The van der Waals surface area contributed by atoms with E-state index in [4.69, 9.17) is 4.74 Å². The highest BCUT2D eigenvalue weighted by Crippen LogP contribution is 2.19. The number of ether oxygens (including phenoxy) is 1. The molecule has 1 unspecified atom stereocenters. The van der Waals surface area contributed by atoms with Crippen LogP contribution in [0.15, 0.2) is 46.1 Å². The van der Waals surface area contributed by atoms with E-state index in [9.17, 15) is 5.11 Å². The van der Waals surface area contributed by atoms with Gasteiger partial charge >= 0.3 is 0 Å². The van der Waals surface area contributed by atoms with E-state index >= 15 is 0 Å². The van der Waals surface area contributed by atoms with Crippen LogP contribution in [0.3, 0.4) is 0 Å². The van der Waals surface area contributed by atoms with Gasteiger partial charge in [0.15, 0.2) is 5.96 Å². The fourth-order valence-corrected chi connectivity index (χ4v) is 4.18. The smallest absolute Gasteiger partial charge is 0.191 e. The minimum Gasteiger partial charge on any atom is -0.497 e. The molecule has 0 amide bonds. The van der Waals surface area contributed by atoms with Gasteiger partial charge in [-0.05, 0) is 59.9 Å². The summed E-state index contributed by atoms with van der Waals surface area (Å²) in [6, 6.07) is 10.1. The number of rotatable bonds is 8. The number of aliphatic hydroxyl groups is 1. The van der Waals surface area contributed by atoms with E-state index in [0.717, 1.165) is 56.3 Å². The van der Waals surface area contributed by atoms with Crippen LogP contribution in [0, 0.1) is 0 Å². The summed E-state index contributed by atoms with van der Waals surface area (Å²) in [6.45, 7) is 6.35. The van der Waals surface area contributed by atoms with Crippen molar-refractivity contribution in [2.24, 2.45) is 4.99 Å². The number of benzene rings is 1. The first kappa shape index (κ1) is 21.6. The molecule has 158 valence electrons. The predicted molar refractivity (Wildman–Crippen MR) is 120 cm³/mol. The molecule has 1 saturated heterocycles. The molecule has 1 aliphatic rings. The molecule has 1 aromatic carbocycles. The van der Waals surface area contributed by atoms with Gasteiger partial charge in [-0.25, -0.2) is 0 Å². The molecule has 1 atom stereocenters. The van der Waals surface area contributed by atoms with Gasteiger partial charge in [0.05, 0.1) is 19.8 Å². The second kappa shape index (κ2) is 11.2. The lowest BCUT2D eigenvalue weighted by atomic mass is 10.0. The summed E-state index contributed by atoms with van der Waals surface area (Å²) in [5.41, 5.74) is 2.22. The zero-order chi connectivity index (χ0) is 20.5. The first-order chi connectivity index (χ1) is 14.2. The predicted octanol–water partition coefficient (Wildman–Crippen LogP) is 3.01. The van der Waals surface area contributed by atoms with Crippen molar-refractivity contribution in [1.82, 2.24) is 15.5 Å². The Labute approximate surface area is 177 Å². The van der Waals surface area contributed by atoms with Crippen molar-refractivity contribution in [1.29, 1.82) is 0 Å². The average Bonchev–Trinajstić information content (AvgIpc) is 3.26. The minimum atomic E-state index is -0.659. The van der Waals surface area contributed by atoms with Crippen molar-refractivity contribution in [3.05, 3.63) is 52.2 Å². The van der Waals surface area contributed by atoms with Crippen molar-refractivity contribution in [3.63, 3.8) is 0 Å². The van der Waals surface area contributed by atoms with Crippen LogP contribution in [0.25, 0.3) is 0 Å². The molecule has 2 heterocycles. The van der Waals surface area contributed by atoms with E-state index in [1.54, 1.807) is 18.4 Å². The molecule has 2 aromatic rings. The fraction of sp³-hybridized carbons (Fsp3) is 0.500. The normalized spacial score (nSPS) is 17.1. The molecule has 7 heteroatoms. The lowest BCUT2D eigenvalue weighted by molar-refractivity contribution is 0.186. The lowest BCUT2D eigenvalue weighted by Gasteiger charge is -2.33. The van der Waals surface area contributed by atoms with Crippen LogP contribution < -0.4 is 15.4 Å². The van der Waals surface area contributed by atoms with Crippen molar-refractivity contribution in [2.75, 3.05) is 33.3 Å². The number of likely N-dealkylation sites (tertiary alicyclic amines) is 1. The Kier molecular flexibility index (Phi) is 8.34. The van der Waals surface area contributed by atoms with Crippen LogP contribution in [0.1, 0.15) is 37.0 Å². The first-order valence-corrected chi connectivity index (χ1v) is 11.2. The van der Waals surface area contributed by atoms with Gasteiger partial charge in [0.2, 0.25) is 0 Å². The summed E-state index contributed by atoms with van der Waals surface area (Å²) < 4.78 is 5.24. The van der Waals surface area contributed by atoms with E-state index < -0.39 is 6.10 Å². The van der Waals surface area contributed by atoms with E-state index in [1.807, 2.05) is 24.3 Å². The number of piperidine rings is 1. The van der Waals surface area contributed by atoms with Crippen molar-refractivity contribution in [2.45, 2.75) is 38.5 Å². The standard InChI is InChI=1S/C22H32N4O2S/c1-3-23-22(24-14-21(27)18-5-4-6-20(13-18)28-2)25-19-7-10-26(11-8-19)15-17-9-12-29-16-17/h4-6,9,12-13,16,19,21,27H,3,7-8,10-11,14-15H2,1-2H3,(H2,23,24,25). The Morgan fingerprint density at radius 1 is 1.34 bits per heavy atom. The van der Waals surface area contributed by atoms with E-state index in [-0.39, 0.29) is 0 Å². The summed E-state index contributed by atoms with van der Waals surface area (Å²) in [6.07, 6.45) is 1.52. The Bertz CT molecular complexity index is 758. The fourth-order valence-electron chi connectivity index (χ4n) is 3.52. The number of thiophene rings is 1. The molecular weight excluding hydrogens is 384 g/mol. The van der Waals surface area contributed by atoms with Gasteiger partial charge in [-0.1, -0.05) is 12.1 Å². The average molecular weight is 417 g/mol. The molecule has 0 aliphatic carbocycles. The maximum Gasteiger partial charge on any atom is 0.191 e. The van der Waals surface area contributed by atoms with E-state index in [2.05, 4.69) is 44.3 Å². The number of aliphatic hydroxyl groups excluding tert-OH is 1. The second-order valence-corrected chi connectivity index (χ2v) is 8.12. The third-order valence-electron chi connectivity index (χ3n) is 5.16. The van der Waals surface area contributed by atoms with Crippen molar-refractivity contribution in [3.8, 4) is 5.75 Å². The highest BCUT2D eigenvalue weighted by atomic mass is 32.1. The molecule has 0 radical (unpaired) electrons. The summed E-state index contributed by atoms with van der Waals surface area (Å²) in [7, 11) is 1.63. The van der Waals surface area contributed by atoms with Crippen molar-refractivity contribution >= 4 is 17.3 Å². The largest absolute Gasteiger partial charge is 0.497 e. The maximum absolute atomic E-state index is 10.5. The second-order valence-electron chi connectivity index (χ2n) is 7.34. The van der Waals surface area contributed by atoms with Crippen LogP contribution in [-0.4, -0.2) is 55.3 Å². The zero-order valence-electron chi connectivity index (χ0n) is 17.3. The summed E-state index contributed by atoms with van der Waals surface area (Å²) >= 11 is 1.76. The molecule has 1 fully saturated rings. The topological polar surface area (TPSA) is 69.1 Å². The Hall–Kier alpha value is -2.09.